The molecule has 4 rings (SSSR count). The van der Waals surface area contributed by atoms with Crippen molar-refractivity contribution in [3.05, 3.63) is 71.6 Å². The number of benzene rings is 2. The van der Waals surface area contributed by atoms with Crippen LogP contribution in [0.5, 0.6) is 0 Å². The smallest absolute Gasteiger partial charge is 0.260 e. The van der Waals surface area contributed by atoms with Gasteiger partial charge >= 0.3 is 0 Å². The summed E-state index contributed by atoms with van der Waals surface area (Å²) in [6, 6.07) is 11.4. The molecule has 0 aliphatic heterocycles. The first-order valence-corrected chi connectivity index (χ1v) is 9.99. The lowest BCUT2D eigenvalue weighted by Crippen LogP contribution is -2.13. The number of aromatic nitrogens is 4. The molecule has 0 aliphatic carbocycles. The Hall–Kier alpha value is -3.18. The van der Waals surface area contributed by atoms with Crippen LogP contribution in [0, 0.1) is 11.6 Å². The van der Waals surface area contributed by atoms with Crippen LogP contribution in [0.1, 0.15) is 16.2 Å². The van der Waals surface area contributed by atoms with Crippen LogP contribution >= 0.6 is 23.1 Å². The maximum absolute atomic E-state index is 13.7. The monoisotopic (exact) mass is 431 g/mol. The lowest BCUT2D eigenvalue weighted by Gasteiger charge is -2.01. The highest BCUT2D eigenvalue weighted by Crippen LogP contribution is 2.29. The van der Waals surface area contributed by atoms with E-state index in [1.807, 2.05) is 0 Å². The minimum atomic E-state index is -0.613. The van der Waals surface area contributed by atoms with Gasteiger partial charge in [0.15, 0.2) is 4.34 Å². The van der Waals surface area contributed by atoms with Gasteiger partial charge in [0.05, 0.1) is 11.3 Å². The molecule has 0 unspecified atom stereocenters. The van der Waals surface area contributed by atoms with Crippen LogP contribution in [-0.4, -0.2) is 26.2 Å². The number of thioether (sulfide) groups is 1. The number of carbonyl (C=O) groups is 1. The van der Waals surface area contributed by atoms with Gasteiger partial charge in [0.1, 0.15) is 11.6 Å². The van der Waals surface area contributed by atoms with Crippen molar-refractivity contribution in [3.8, 4) is 11.4 Å². The summed E-state index contributed by atoms with van der Waals surface area (Å²) in [6.45, 7) is 0. The molecule has 0 fully saturated rings. The Labute approximate surface area is 171 Å². The van der Waals surface area contributed by atoms with Crippen molar-refractivity contribution in [1.82, 2.24) is 20.3 Å². The third kappa shape index (κ3) is 4.63. The van der Waals surface area contributed by atoms with Crippen molar-refractivity contribution in [2.75, 3.05) is 5.32 Å². The van der Waals surface area contributed by atoms with E-state index in [1.54, 1.807) is 18.2 Å². The molecule has 2 aromatic heterocycles. The number of nitrogens with zero attached hydrogens (tertiary/aromatic N) is 4. The predicted molar refractivity (Wildman–Crippen MR) is 104 cm³/mol. The van der Waals surface area contributed by atoms with Gasteiger partial charge in [-0.25, -0.2) is 8.78 Å². The van der Waals surface area contributed by atoms with Gasteiger partial charge in [-0.05, 0) is 36.4 Å². The van der Waals surface area contributed by atoms with Crippen LogP contribution in [0.25, 0.3) is 11.4 Å². The second-order valence-corrected chi connectivity index (χ2v) is 7.81. The van der Waals surface area contributed by atoms with Crippen molar-refractivity contribution in [2.24, 2.45) is 0 Å². The van der Waals surface area contributed by atoms with E-state index in [0.29, 0.717) is 27.4 Å². The molecule has 0 radical (unpaired) electrons. The van der Waals surface area contributed by atoms with Crippen molar-refractivity contribution in [3.63, 3.8) is 0 Å². The van der Waals surface area contributed by atoms with Crippen LogP contribution in [0.2, 0.25) is 0 Å². The molecule has 0 bridgehead atoms. The number of carbonyl (C=O) groups excluding carboxylic acids is 1. The number of rotatable bonds is 6. The molecular formula is C18H11F2N5O2S2. The first-order chi connectivity index (χ1) is 14.1. The lowest BCUT2D eigenvalue weighted by atomic mass is 10.2. The second kappa shape index (κ2) is 8.45. The zero-order chi connectivity index (χ0) is 20.2. The Morgan fingerprint density at radius 2 is 1.90 bits per heavy atom. The highest BCUT2D eigenvalue weighted by atomic mass is 32.2. The molecule has 0 saturated carbocycles. The van der Waals surface area contributed by atoms with E-state index in [9.17, 15) is 13.6 Å². The van der Waals surface area contributed by atoms with E-state index >= 15 is 0 Å². The van der Waals surface area contributed by atoms with Crippen LogP contribution in [0.15, 0.2) is 57.4 Å². The van der Waals surface area contributed by atoms with Crippen molar-refractivity contribution < 1.29 is 18.1 Å². The highest BCUT2D eigenvalue weighted by molar-refractivity contribution is 8.00. The van der Waals surface area contributed by atoms with Crippen LogP contribution in [-0.2, 0) is 5.75 Å². The molecule has 11 heteroatoms. The zero-order valence-corrected chi connectivity index (χ0v) is 16.1. The number of hydrogen-bond acceptors (Lipinski definition) is 8. The summed E-state index contributed by atoms with van der Waals surface area (Å²) < 4.78 is 32.4. The van der Waals surface area contributed by atoms with Gasteiger partial charge in [0, 0.05) is 5.56 Å². The van der Waals surface area contributed by atoms with E-state index in [4.69, 9.17) is 4.52 Å². The Balaban J connectivity index is 1.36. The summed E-state index contributed by atoms with van der Waals surface area (Å²) in [5, 5.41) is 14.5. The molecule has 0 atom stereocenters. The second-order valence-electron chi connectivity index (χ2n) is 5.61. The van der Waals surface area contributed by atoms with Crippen molar-refractivity contribution in [1.29, 1.82) is 0 Å². The summed E-state index contributed by atoms with van der Waals surface area (Å²) in [5.41, 5.74) is 0.566. The average molecular weight is 431 g/mol. The lowest BCUT2D eigenvalue weighted by molar-refractivity contribution is 0.102. The van der Waals surface area contributed by atoms with Gasteiger partial charge in [-0.2, -0.15) is 4.98 Å². The largest absolute Gasteiger partial charge is 0.338 e. The minimum Gasteiger partial charge on any atom is -0.338 e. The van der Waals surface area contributed by atoms with Crippen LogP contribution in [0.4, 0.5) is 13.9 Å². The normalized spacial score (nSPS) is 10.8. The van der Waals surface area contributed by atoms with Crippen LogP contribution in [0.3, 0.4) is 0 Å². The fourth-order valence-electron chi connectivity index (χ4n) is 2.28. The Bertz CT molecular complexity index is 1150. The van der Waals surface area contributed by atoms with Gasteiger partial charge in [-0.15, -0.1) is 10.2 Å². The van der Waals surface area contributed by atoms with E-state index in [1.165, 1.54) is 42.1 Å². The Kier molecular flexibility index (Phi) is 5.58. The molecular weight excluding hydrogens is 420 g/mol. The van der Waals surface area contributed by atoms with E-state index in [-0.39, 0.29) is 16.5 Å². The number of halogens is 2. The van der Waals surface area contributed by atoms with Gasteiger partial charge in [-0.3, -0.25) is 10.1 Å². The summed E-state index contributed by atoms with van der Waals surface area (Å²) in [6.07, 6.45) is 0. The maximum atomic E-state index is 13.7. The van der Waals surface area contributed by atoms with Gasteiger partial charge < -0.3 is 4.52 Å². The molecule has 2 heterocycles. The Morgan fingerprint density at radius 3 is 2.69 bits per heavy atom. The SMILES string of the molecule is O=C(Nc1nnc(SCc2nc(-c3ccc(F)cc3)no2)s1)c1ccccc1F. The molecule has 1 amide bonds. The number of anilines is 1. The summed E-state index contributed by atoms with van der Waals surface area (Å²) >= 11 is 2.44. The van der Waals surface area contributed by atoms with Crippen molar-refractivity contribution in [2.45, 2.75) is 10.1 Å². The van der Waals surface area contributed by atoms with Crippen LogP contribution < -0.4 is 5.32 Å². The van der Waals surface area contributed by atoms with Gasteiger partial charge in [0.25, 0.3) is 5.91 Å². The number of amides is 1. The summed E-state index contributed by atoms with van der Waals surface area (Å²) in [5.74, 6) is -0.502. The summed E-state index contributed by atoms with van der Waals surface area (Å²) in [7, 11) is 0. The summed E-state index contributed by atoms with van der Waals surface area (Å²) in [4.78, 5) is 16.4. The molecule has 7 nitrogen and oxygen atoms in total. The molecule has 1 N–H and O–H groups in total. The first-order valence-electron chi connectivity index (χ1n) is 8.19. The number of hydrogen-bond donors (Lipinski definition) is 1. The van der Waals surface area contributed by atoms with Crippen molar-refractivity contribution >= 4 is 34.1 Å². The molecule has 0 aliphatic rings. The topological polar surface area (TPSA) is 93.8 Å². The van der Waals surface area contributed by atoms with Gasteiger partial charge in [0.2, 0.25) is 16.8 Å². The molecule has 0 saturated heterocycles. The quantitative estimate of drug-likeness (QED) is 0.357. The molecule has 2 aromatic carbocycles. The van der Waals surface area contributed by atoms with E-state index < -0.39 is 11.7 Å². The van der Waals surface area contributed by atoms with E-state index in [0.717, 1.165) is 11.3 Å². The number of nitrogens with one attached hydrogen (secondary N) is 1. The zero-order valence-electron chi connectivity index (χ0n) is 14.5. The maximum Gasteiger partial charge on any atom is 0.260 e. The molecule has 0 spiro atoms. The van der Waals surface area contributed by atoms with Gasteiger partial charge in [-0.1, -0.05) is 40.4 Å². The first kappa shape index (κ1) is 19.2. The highest BCUT2D eigenvalue weighted by Gasteiger charge is 2.15. The third-order valence-electron chi connectivity index (χ3n) is 3.64. The third-order valence-corrected chi connectivity index (χ3v) is 5.59. The fourth-order valence-corrected chi connectivity index (χ4v) is 3.87. The molecule has 146 valence electrons. The molecule has 4 aromatic rings. The fraction of sp³-hybridized carbons (Fsp3) is 0.0556. The predicted octanol–water partition coefficient (Wildman–Crippen LogP) is 4.41. The standard InChI is InChI=1S/C18H11F2N5O2S2/c19-11-7-5-10(6-8-11)15-21-14(27-25-15)9-28-18-24-23-17(29-18)22-16(26)12-3-1-2-4-13(12)20/h1-8H,9H2,(H,22,23,26). The molecule has 29 heavy (non-hydrogen) atoms. The average Bonchev–Trinajstić information content (AvgIpc) is 3.37. The Morgan fingerprint density at radius 1 is 1.10 bits per heavy atom. The van der Waals surface area contributed by atoms with E-state index in [2.05, 4.69) is 25.7 Å². The minimum absolute atomic E-state index is 0.0731.